The van der Waals surface area contributed by atoms with Crippen molar-refractivity contribution < 1.29 is 4.79 Å². The molecule has 1 heterocycles. The maximum absolute atomic E-state index is 12.0. The summed E-state index contributed by atoms with van der Waals surface area (Å²) in [6, 6.07) is -0.145. The average Bonchev–Trinajstić information content (AvgIpc) is 2.54. The van der Waals surface area contributed by atoms with Crippen LogP contribution in [0.1, 0.15) is 56.3 Å². The summed E-state index contributed by atoms with van der Waals surface area (Å²) in [5.74, 6) is 1.64. The van der Waals surface area contributed by atoms with E-state index in [0.29, 0.717) is 12.5 Å². The molecule has 22 heavy (non-hydrogen) atoms. The Morgan fingerprint density at radius 2 is 1.77 bits per heavy atom. The maximum atomic E-state index is 12.0. The Labute approximate surface area is 133 Å². The number of nitrogens with zero attached hydrogens (tertiary/aromatic N) is 4. The number of rotatable bonds is 5. The van der Waals surface area contributed by atoms with E-state index < -0.39 is 0 Å². The zero-order chi connectivity index (χ0) is 16.1. The van der Waals surface area contributed by atoms with Gasteiger partial charge in [0.25, 0.3) is 0 Å². The Morgan fingerprint density at radius 1 is 1.18 bits per heavy atom. The molecule has 1 aliphatic carbocycles. The number of amides is 1. The van der Waals surface area contributed by atoms with Crippen LogP contribution < -0.4 is 0 Å². The lowest BCUT2D eigenvalue weighted by molar-refractivity contribution is -0.133. The molecule has 5 heteroatoms. The van der Waals surface area contributed by atoms with Gasteiger partial charge in [0.2, 0.25) is 5.91 Å². The van der Waals surface area contributed by atoms with Crippen LogP contribution in [0, 0.1) is 0 Å². The lowest BCUT2D eigenvalue weighted by atomic mass is 9.89. The number of hydrogen-bond donors (Lipinski definition) is 0. The number of hydrogen-bond acceptors (Lipinski definition) is 4. The van der Waals surface area contributed by atoms with Gasteiger partial charge in [0.05, 0.1) is 6.04 Å². The van der Waals surface area contributed by atoms with Gasteiger partial charge in [-0.1, -0.05) is 19.3 Å². The van der Waals surface area contributed by atoms with Gasteiger partial charge >= 0.3 is 0 Å². The van der Waals surface area contributed by atoms with Crippen LogP contribution in [-0.2, 0) is 11.3 Å². The molecule has 1 amide bonds. The Morgan fingerprint density at radius 3 is 2.32 bits per heavy atom. The van der Waals surface area contributed by atoms with Gasteiger partial charge in [-0.05, 0) is 26.8 Å². The van der Waals surface area contributed by atoms with Crippen LogP contribution in [0.25, 0.3) is 0 Å². The predicted octanol–water partition coefficient (Wildman–Crippen LogP) is 2.43. The van der Waals surface area contributed by atoms with Crippen molar-refractivity contribution in [2.75, 3.05) is 21.1 Å². The highest BCUT2D eigenvalue weighted by atomic mass is 16.2. The summed E-state index contributed by atoms with van der Waals surface area (Å²) in [6.07, 6.45) is 10.2. The first-order valence-electron chi connectivity index (χ1n) is 8.21. The lowest BCUT2D eigenvalue weighted by Crippen LogP contribution is -2.42. The standard InChI is InChI=1S/C17H28N4O/c1-13(17(22)20(2)3)21(4)12-14-10-18-16(19-11-14)15-8-6-5-7-9-15/h10-11,13,15H,5-9,12H2,1-4H3/t13-/m0/s1. The van der Waals surface area contributed by atoms with Gasteiger partial charge in [-0.2, -0.15) is 0 Å². The van der Waals surface area contributed by atoms with Crippen LogP contribution in [0.3, 0.4) is 0 Å². The highest BCUT2D eigenvalue weighted by molar-refractivity contribution is 5.80. The second kappa shape index (κ2) is 7.68. The van der Waals surface area contributed by atoms with Gasteiger partial charge in [0.1, 0.15) is 5.82 Å². The molecule has 1 aromatic heterocycles. The molecule has 0 aromatic carbocycles. The molecule has 0 unspecified atom stereocenters. The summed E-state index contributed by atoms with van der Waals surface area (Å²) in [4.78, 5) is 24.8. The second-order valence-corrected chi connectivity index (χ2v) is 6.61. The Hall–Kier alpha value is -1.49. The number of aromatic nitrogens is 2. The fourth-order valence-electron chi connectivity index (χ4n) is 3.01. The van der Waals surface area contributed by atoms with E-state index in [1.54, 1.807) is 19.0 Å². The molecule has 0 bridgehead atoms. The van der Waals surface area contributed by atoms with Crippen molar-refractivity contribution in [1.82, 2.24) is 19.8 Å². The quantitative estimate of drug-likeness (QED) is 0.838. The summed E-state index contributed by atoms with van der Waals surface area (Å²) in [7, 11) is 5.53. The van der Waals surface area contributed by atoms with Gasteiger partial charge in [-0.15, -0.1) is 0 Å². The molecule has 1 atom stereocenters. The third-order valence-corrected chi connectivity index (χ3v) is 4.59. The molecule has 0 N–H and O–H groups in total. The zero-order valence-corrected chi connectivity index (χ0v) is 14.2. The van der Waals surface area contributed by atoms with Crippen molar-refractivity contribution in [2.45, 2.75) is 57.5 Å². The van der Waals surface area contributed by atoms with Crippen LogP contribution in [0.2, 0.25) is 0 Å². The first kappa shape index (κ1) is 16.9. The van der Waals surface area contributed by atoms with E-state index in [1.807, 2.05) is 31.3 Å². The summed E-state index contributed by atoms with van der Waals surface area (Å²) >= 11 is 0. The molecule has 0 aliphatic heterocycles. The number of carbonyl (C=O) groups is 1. The monoisotopic (exact) mass is 304 g/mol. The van der Waals surface area contributed by atoms with E-state index in [0.717, 1.165) is 11.4 Å². The lowest BCUT2D eigenvalue weighted by Gasteiger charge is -2.26. The van der Waals surface area contributed by atoms with Crippen LogP contribution in [-0.4, -0.2) is 52.9 Å². The molecule has 0 spiro atoms. The zero-order valence-electron chi connectivity index (χ0n) is 14.2. The number of likely N-dealkylation sites (N-methyl/N-ethyl adjacent to an activating group) is 2. The molecule has 1 aliphatic rings. The molecule has 122 valence electrons. The van der Waals surface area contributed by atoms with Crippen LogP contribution in [0.15, 0.2) is 12.4 Å². The molecule has 0 radical (unpaired) electrons. The SMILES string of the molecule is C[C@@H](C(=O)N(C)C)N(C)Cc1cnc(C2CCCCC2)nc1. The van der Waals surface area contributed by atoms with Crippen molar-refractivity contribution in [3.8, 4) is 0 Å². The molecular formula is C17H28N4O. The maximum Gasteiger partial charge on any atom is 0.239 e. The first-order chi connectivity index (χ1) is 10.5. The van der Waals surface area contributed by atoms with E-state index in [9.17, 15) is 4.79 Å². The molecule has 1 aromatic rings. The average molecular weight is 304 g/mol. The van der Waals surface area contributed by atoms with Gasteiger partial charge in [-0.3, -0.25) is 9.69 Å². The number of carbonyl (C=O) groups excluding carboxylic acids is 1. The summed E-state index contributed by atoms with van der Waals surface area (Å²) in [6.45, 7) is 2.62. The fourth-order valence-corrected chi connectivity index (χ4v) is 3.01. The van der Waals surface area contributed by atoms with Crippen LogP contribution in [0.4, 0.5) is 0 Å². The smallest absolute Gasteiger partial charge is 0.239 e. The predicted molar refractivity (Wildman–Crippen MR) is 87.5 cm³/mol. The van der Waals surface area contributed by atoms with Crippen molar-refractivity contribution in [2.24, 2.45) is 0 Å². The normalized spacial score (nSPS) is 17.5. The summed E-state index contributed by atoms with van der Waals surface area (Å²) in [5, 5.41) is 0. The summed E-state index contributed by atoms with van der Waals surface area (Å²) < 4.78 is 0. The van der Waals surface area contributed by atoms with Crippen molar-refractivity contribution in [1.29, 1.82) is 0 Å². The Balaban J connectivity index is 1.94. The minimum absolute atomic E-state index is 0.113. The van der Waals surface area contributed by atoms with Gasteiger partial charge < -0.3 is 4.90 Å². The highest BCUT2D eigenvalue weighted by Gasteiger charge is 2.21. The Kier molecular flexibility index (Phi) is 5.89. The van der Waals surface area contributed by atoms with E-state index in [2.05, 4.69) is 9.97 Å². The van der Waals surface area contributed by atoms with Crippen LogP contribution in [0.5, 0.6) is 0 Å². The van der Waals surface area contributed by atoms with E-state index in [-0.39, 0.29) is 11.9 Å². The van der Waals surface area contributed by atoms with E-state index in [1.165, 1.54) is 32.1 Å². The minimum atomic E-state index is -0.145. The third-order valence-electron chi connectivity index (χ3n) is 4.59. The minimum Gasteiger partial charge on any atom is -0.347 e. The highest BCUT2D eigenvalue weighted by Crippen LogP contribution is 2.30. The van der Waals surface area contributed by atoms with Gasteiger partial charge in [0, 0.05) is 44.5 Å². The molecule has 2 rings (SSSR count). The van der Waals surface area contributed by atoms with E-state index >= 15 is 0 Å². The third kappa shape index (κ3) is 4.26. The fraction of sp³-hybridized carbons (Fsp3) is 0.706. The van der Waals surface area contributed by atoms with Gasteiger partial charge in [0.15, 0.2) is 0 Å². The van der Waals surface area contributed by atoms with Gasteiger partial charge in [-0.25, -0.2) is 9.97 Å². The van der Waals surface area contributed by atoms with E-state index in [4.69, 9.17) is 0 Å². The molecule has 1 fully saturated rings. The first-order valence-corrected chi connectivity index (χ1v) is 8.21. The second-order valence-electron chi connectivity index (χ2n) is 6.61. The van der Waals surface area contributed by atoms with Crippen molar-refractivity contribution >= 4 is 5.91 Å². The molecule has 1 saturated carbocycles. The summed E-state index contributed by atoms with van der Waals surface area (Å²) in [5.41, 5.74) is 1.06. The van der Waals surface area contributed by atoms with Crippen molar-refractivity contribution in [3.63, 3.8) is 0 Å². The van der Waals surface area contributed by atoms with Crippen LogP contribution >= 0.6 is 0 Å². The van der Waals surface area contributed by atoms with Crippen molar-refractivity contribution in [3.05, 3.63) is 23.8 Å². The molecular weight excluding hydrogens is 276 g/mol. The largest absolute Gasteiger partial charge is 0.347 e. The topological polar surface area (TPSA) is 49.3 Å². The Bertz CT molecular complexity index is 480. The molecule has 5 nitrogen and oxygen atoms in total. The molecule has 0 saturated heterocycles.